The number of amides is 1. The average molecular weight is 484 g/mol. The first-order chi connectivity index (χ1) is 16.1. The SMILES string of the molecule is O=C(CCCOc1ccc(Cl)cc1Cl)N1CC[NH+](C(c2ccccc2)c2ccccc2)CC1. The van der Waals surface area contributed by atoms with Gasteiger partial charge in [-0.3, -0.25) is 4.79 Å². The van der Waals surface area contributed by atoms with Crippen molar-refractivity contribution in [1.82, 2.24) is 4.90 Å². The molecule has 0 spiro atoms. The maximum Gasteiger partial charge on any atom is 0.223 e. The molecule has 3 aromatic rings. The molecule has 0 aromatic heterocycles. The monoisotopic (exact) mass is 483 g/mol. The summed E-state index contributed by atoms with van der Waals surface area (Å²) in [7, 11) is 0. The average Bonchev–Trinajstić information content (AvgIpc) is 2.85. The number of halogens is 2. The maximum absolute atomic E-state index is 12.8. The molecule has 4 rings (SSSR count). The van der Waals surface area contributed by atoms with Crippen molar-refractivity contribution < 1.29 is 14.4 Å². The Morgan fingerprint density at radius 1 is 0.909 bits per heavy atom. The first-order valence-electron chi connectivity index (χ1n) is 11.4. The van der Waals surface area contributed by atoms with Gasteiger partial charge in [0.25, 0.3) is 0 Å². The van der Waals surface area contributed by atoms with E-state index in [0.717, 1.165) is 26.2 Å². The number of rotatable bonds is 8. The van der Waals surface area contributed by atoms with Crippen LogP contribution >= 0.6 is 23.2 Å². The Kier molecular flexibility index (Phi) is 8.27. The van der Waals surface area contributed by atoms with Crippen LogP contribution in [0.15, 0.2) is 78.9 Å². The zero-order valence-corrected chi connectivity index (χ0v) is 20.1. The van der Waals surface area contributed by atoms with Crippen molar-refractivity contribution in [3.05, 3.63) is 100 Å². The molecule has 1 aliphatic rings. The van der Waals surface area contributed by atoms with Gasteiger partial charge in [0.15, 0.2) is 0 Å². The van der Waals surface area contributed by atoms with Crippen molar-refractivity contribution in [2.75, 3.05) is 32.8 Å². The van der Waals surface area contributed by atoms with Crippen LogP contribution in [0.1, 0.15) is 30.0 Å². The lowest BCUT2D eigenvalue weighted by Gasteiger charge is -2.37. The molecule has 1 aliphatic heterocycles. The lowest BCUT2D eigenvalue weighted by atomic mass is 9.96. The molecular formula is C27H29Cl2N2O2+. The van der Waals surface area contributed by atoms with Gasteiger partial charge in [0.05, 0.1) is 37.8 Å². The number of piperazine rings is 1. The van der Waals surface area contributed by atoms with Crippen LogP contribution < -0.4 is 9.64 Å². The van der Waals surface area contributed by atoms with Crippen molar-refractivity contribution in [1.29, 1.82) is 0 Å². The highest BCUT2D eigenvalue weighted by atomic mass is 35.5. The molecule has 1 amide bonds. The van der Waals surface area contributed by atoms with Gasteiger partial charge in [0.1, 0.15) is 11.8 Å². The van der Waals surface area contributed by atoms with Crippen LogP contribution in [-0.4, -0.2) is 43.6 Å². The first-order valence-corrected chi connectivity index (χ1v) is 12.2. The summed E-state index contributed by atoms with van der Waals surface area (Å²) in [4.78, 5) is 16.2. The quantitative estimate of drug-likeness (QED) is 0.472. The molecular weight excluding hydrogens is 455 g/mol. The third-order valence-corrected chi connectivity index (χ3v) is 6.65. The highest BCUT2D eigenvalue weighted by Crippen LogP contribution is 2.27. The molecule has 6 heteroatoms. The van der Waals surface area contributed by atoms with E-state index in [2.05, 4.69) is 60.7 Å². The lowest BCUT2D eigenvalue weighted by Crippen LogP contribution is -3.15. The second-order valence-corrected chi connectivity index (χ2v) is 9.16. The highest BCUT2D eigenvalue weighted by molar-refractivity contribution is 6.35. The van der Waals surface area contributed by atoms with Gasteiger partial charge >= 0.3 is 0 Å². The van der Waals surface area contributed by atoms with Crippen molar-refractivity contribution in [3.63, 3.8) is 0 Å². The van der Waals surface area contributed by atoms with Crippen LogP contribution in [0.3, 0.4) is 0 Å². The fraction of sp³-hybridized carbons (Fsp3) is 0.296. The van der Waals surface area contributed by atoms with Crippen molar-refractivity contribution in [2.45, 2.75) is 18.9 Å². The second kappa shape index (κ2) is 11.6. The van der Waals surface area contributed by atoms with E-state index in [0.29, 0.717) is 35.2 Å². The van der Waals surface area contributed by atoms with Crippen molar-refractivity contribution in [3.8, 4) is 5.75 Å². The topological polar surface area (TPSA) is 34.0 Å². The van der Waals surface area contributed by atoms with Crippen LogP contribution in [0.5, 0.6) is 5.75 Å². The zero-order chi connectivity index (χ0) is 23.0. The Bertz CT molecular complexity index is 999. The summed E-state index contributed by atoms with van der Waals surface area (Å²) in [5, 5.41) is 1.06. The smallest absolute Gasteiger partial charge is 0.223 e. The van der Waals surface area contributed by atoms with E-state index in [9.17, 15) is 4.79 Å². The minimum Gasteiger partial charge on any atom is -0.492 e. The van der Waals surface area contributed by atoms with Gasteiger partial charge in [-0.2, -0.15) is 0 Å². The predicted molar refractivity (Wildman–Crippen MR) is 133 cm³/mol. The molecule has 3 aromatic carbocycles. The Balaban J connectivity index is 1.28. The van der Waals surface area contributed by atoms with Gasteiger partial charge in [0, 0.05) is 22.6 Å². The number of hydrogen-bond donors (Lipinski definition) is 1. The van der Waals surface area contributed by atoms with Gasteiger partial charge in [0.2, 0.25) is 5.91 Å². The van der Waals surface area contributed by atoms with Gasteiger partial charge in [-0.15, -0.1) is 0 Å². The molecule has 172 valence electrons. The van der Waals surface area contributed by atoms with E-state index in [1.807, 2.05) is 4.90 Å². The molecule has 0 unspecified atom stereocenters. The lowest BCUT2D eigenvalue weighted by molar-refractivity contribution is -0.929. The number of ether oxygens (including phenoxy) is 1. The zero-order valence-electron chi connectivity index (χ0n) is 18.6. The van der Waals surface area contributed by atoms with Crippen LogP contribution in [0.2, 0.25) is 10.0 Å². The Morgan fingerprint density at radius 3 is 2.09 bits per heavy atom. The maximum atomic E-state index is 12.8. The van der Waals surface area contributed by atoms with Gasteiger partial charge in [-0.1, -0.05) is 83.9 Å². The van der Waals surface area contributed by atoms with Crippen molar-refractivity contribution in [2.24, 2.45) is 0 Å². The summed E-state index contributed by atoms with van der Waals surface area (Å²) < 4.78 is 5.71. The van der Waals surface area contributed by atoms with E-state index in [1.54, 1.807) is 18.2 Å². The van der Waals surface area contributed by atoms with Crippen LogP contribution in [0, 0.1) is 0 Å². The molecule has 0 bridgehead atoms. The minimum atomic E-state index is 0.191. The summed E-state index contributed by atoms with van der Waals surface area (Å²) in [5.41, 5.74) is 2.63. The molecule has 1 fully saturated rings. The first kappa shape index (κ1) is 23.6. The minimum absolute atomic E-state index is 0.191. The summed E-state index contributed by atoms with van der Waals surface area (Å²) >= 11 is 12.0. The predicted octanol–water partition coefficient (Wildman–Crippen LogP) is 4.67. The molecule has 33 heavy (non-hydrogen) atoms. The Hall–Kier alpha value is -2.53. The molecule has 4 nitrogen and oxygen atoms in total. The standard InChI is InChI=1S/C27H28Cl2N2O2/c28-23-13-14-25(24(29)20-23)33-19-7-12-26(32)30-15-17-31(18-16-30)27(21-8-3-1-4-9-21)22-10-5-2-6-11-22/h1-6,8-11,13-14,20,27H,7,12,15-19H2/p+1. The van der Waals surface area contributed by atoms with Crippen molar-refractivity contribution >= 4 is 29.1 Å². The third kappa shape index (κ3) is 6.29. The number of hydrogen-bond acceptors (Lipinski definition) is 2. The van der Waals surface area contributed by atoms with Gasteiger partial charge in [-0.05, 0) is 24.6 Å². The number of quaternary nitrogens is 1. The molecule has 0 aliphatic carbocycles. The molecule has 0 saturated carbocycles. The number of benzene rings is 3. The third-order valence-electron chi connectivity index (χ3n) is 6.12. The van der Waals surface area contributed by atoms with Crippen LogP contribution in [0.4, 0.5) is 0 Å². The fourth-order valence-corrected chi connectivity index (χ4v) is 4.91. The van der Waals surface area contributed by atoms with E-state index < -0.39 is 0 Å². The Labute approximate surface area is 205 Å². The number of nitrogens with zero attached hydrogens (tertiary/aromatic N) is 1. The van der Waals surface area contributed by atoms with E-state index >= 15 is 0 Å². The number of nitrogens with one attached hydrogen (secondary N) is 1. The largest absolute Gasteiger partial charge is 0.492 e. The van der Waals surface area contributed by atoms with Gasteiger partial charge < -0.3 is 14.5 Å². The molecule has 1 N–H and O–H groups in total. The normalized spacial score (nSPS) is 14.5. The molecule has 0 atom stereocenters. The van der Waals surface area contributed by atoms with Crippen LogP contribution in [0.25, 0.3) is 0 Å². The van der Waals surface area contributed by atoms with Gasteiger partial charge in [-0.25, -0.2) is 0 Å². The van der Waals surface area contributed by atoms with E-state index in [4.69, 9.17) is 27.9 Å². The molecule has 1 heterocycles. The number of carbonyl (C=O) groups is 1. The Morgan fingerprint density at radius 2 is 1.52 bits per heavy atom. The fourth-order valence-electron chi connectivity index (χ4n) is 4.44. The molecule has 0 radical (unpaired) electrons. The van der Waals surface area contributed by atoms with E-state index in [1.165, 1.54) is 16.0 Å². The summed E-state index contributed by atoms with van der Waals surface area (Å²) in [6.45, 7) is 3.85. The summed E-state index contributed by atoms with van der Waals surface area (Å²) in [5.74, 6) is 0.787. The second-order valence-electron chi connectivity index (χ2n) is 8.32. The molecule has 1 saturated heterocycles. The highest BCUT2D eigenvalue weighted by Gasteiger charge is 2.31. The van der Waals surface area contributed by atoms with Crippen LogP contribution in [-0.2, 0) is 4.79 Å². The number of carbonyl (C=O) groups excluding carboxylic acids is 1. The summed E-state index contributed by atoms with van der Waals surface area (Å²) in [6.07, 6.45) is 1.13. The van der Waals surface area contributed by atoms with E-state index in [-0.39, 0.29) is 11.9 Å². The summed E-state index contributed by atoms with van der Waals surface area (Å²) in [6, 6.07) is 26.8.